The van der Waals surface area contributed by atoms with E-state index < -0.39 is 11.6 Å². The van der Waals surface area contributed by atoms with E-state index in [-0.39, 0.29) is 5.41 Å². The van der Waals surface area contributed by atoms with E-state index in [0.29, 0.717) is 11.5 Å². The second-order valence-electron chi connectivity index (χ2n) is 8.79. The zero-order valence-electron chi connectivity index (χ0n) is 15.9. The van der Waals surface area contributed by atoms with Crippen molar-refractivity contribution in [2.45, 2.75) is 62.9 Å². The molecule has 2 aromatic carbocycles. The maximum Gasteiger partial charge on any atom is 0.335 e. The van der Waals surface area contributed by atoms with E-state index in [0.717, 1.165) is 44.9 Å². The van der Waals surface area contributed by atoms with Crippen molar-refractivity contribution in [3.05, 3.63) is 70.8 Å². The number of hydrogen-bond donors (Lipinski definition) is 2. The van der Waals surface area contributed by atoms with Gasteiger partial charge in [-0.05, 0) is 86.6 Å². The fraction of sp³-hybridized carbons (Fsp3) is 0.458. The van der Waals surface area contributed by atoms with Crippen LogP contribution in [-0.4, -0.2) is 21.8 Å². The normalized spacial score (nSPS) is 30.1. The number of rotatable bonds is 3. The van der Waals surface area contributed by atoms with Crippen molar-refractivity contribution < 1.29 is 15.0 Å². The van der Waals surface area contributed by atoms with E-state index in [9.17, 15) is 15.0 Å². The zero-order chi connectivity index (χ0) is 19.1. The monoisotopic (exact) mass is 364 g/mol. The standard InChI is InChI=1S/C24H28O3/c1-23(27)12-13-24(15-17-6-3-2-4-7-17)20(16-23)9-5-8-18-14-19(22(25)26)10-11-21(18)24/h2-4,6-7,10-11,14,20,27H,5,8-9,12-13,15-16H2,1H3,(H,25,26). The molecular formula is C24H28O3. The third-order valence-corrected chi connectivity index (χ3v) is 6.83. The second-order valence-corrected chi connectivity index (χ2v) is 8.79. The lowest BCUT2D eigenvalue weighted by Crippen LogP contribution is -2.47. The van der Waals surface area contributed by atoms with Crippen molar-refractivity contribution >= 4 is 5.97 Å². The van der Waals surface area contributed by atoms with E-state index >= 15 is 0 Å². The summed E-state index contributed by atoms with van der Waals surface area (Å²) < 4.78 is 0. The van der Waals surface area contributed by atoms with Gasteiger partial charge in [0.1, 0.15) is 0 Å². The van der Waals surface area contributed by atoms with Crippen LogP contribution in [0.5, 0.6) is 0 Å². The lowest BCUT2D eigenvalue weighted by molar-refractivity contribution is -0.0330. The molecule has 0 amide bonds. The average Bonchev–Trinajstić information content (AvgIpc) is 2.78. The number of hydrogen-bond acceptors (Lipinski definition) is 2. The molecule has 2 aromatic rings. The molecule has 3 unspecified atom stereocenters. The summed E-state index contributed by atoms with van der Waals surface area (Å²) in [5.41, 5.74) is 3.58. The number of benzene rings is 2. The Hall–Kier alpha value is -2.13. The molecule has 2 aliphatic carbocycles. The molecule has 4 rings (SSSR count). The van der Waals surface area contributed by atoms with Crippen molar-refractivity contribution in [2.24, 2.45) is 5.92 Å². The smallest absolute Gasteiger partial charge is 0.335 e. The highest BCUT2D eigenvalue weighted by Gasteiger charge is 2.49. The largest absolute Gasteiger partial charge is 0.478 e. The fourth-order valence-electron chi connectivity index (χ4n) is 5.50. The van der Waals surface area contributed by atoms with Gasteiger partial charge in [0.15, 0.2) is 0 Å². The number of carbonyl (C=O) groups is 1. The van der Waals surface area contributed by atoms with Crippen molar-refractivity contribution in [1.82, 2.24) is 0 Å². The van der Waals surface area contributed by atoms with Crippen LogP contribution in [0, 0.1) is 5.92 Å². The first kappa shape index (κ1) is 18.2. The average molecular weight is 364 g/mol. The van der Waals surface area contributed by atoms with E-state index in [1.54, 1.807) is 6.07 Å². The van der Waals surface area contributed by atoms with Gasteiger partial charge >= 0.3 is 5.97 Å². The molecule has 3 heteroatoms. The molecule has 0 saturated heterocycles. The van der Waals surface area contributed by atoms with Gasteiger partial charge in [0.25, 0.3) is 0 Å². The number of carboxylic acid groups (broad SMARTS) is 1. The maximum atomic E-state index is 11.5. The lowest BCUT2D eigenvalue weighted by Gasteiger charge is -2.49. The zero-order valence-corrected chi connectivity index (χ0v) is 15.9. The molecular weight excluding hydrogens is 336 g/mol. The van der Waals surface area contributed by atoms with E-state index in [1.165, 1.54) is 16.7 Å². The molecule has 3 atom stereocenters. The Kier molecular flexibility index (Phi) is 4.59. The minimum absolute atomic E-state index is 0.0214. The molecule has 0 radical (unpaired) electrons. The third kappa shape index (κ3) is 3.41. The van der Waals surface area contributed by atoms with Gasteiger partial charge in [-0.25, -0.2) is 4.79 Å². The number of aromatic carboxylic acids is 1. The number of carboxylic acids is 1. The molecule has 2 aliphatic rings. The summed E-state index contributed by atoms with van der Waals surface area (Å²) in [5.74, 6) is -0.444. The van der Waals surface area contributed by atoms with Crippen molar-refractivity contribution in [3.63, 3.8) is 0 Å². The highest BCUT2D eigenvalue weighted by Crippen LogP contribution is 2.53. The van der Waals surface area contributed by atoms with Gasteiger partial charge in [-0.2, -0.15) is 0 Å². The molecule has 0 aromatic heterocycles. The highest BCUT2D eigenvalue weighted by molar-refractivity contribution is 5.88. The minimum atomic E-state index is -0.859. The summed E-state index contributed by atoms with van der Waals surface area (Å²) in [7, 11) is 0. The first-order valence-corrected chi connectivity index (χ1v) is 10.0. The summed E-state index contributed by atoms with van der Waals surface area (Å²) in [6.45, 7) is 1.97. The summed E-state index contributed by atoms with van der Waals surface area (Å²) in [6.07, 6.45) is 6.56. The van der Waals surface area contributed by atoms with Crippen LogP contribution in [-0.2, 0) is 18.3 Å². The maximum absolute atomic E-state index is 11.5. The van der Waals surface area contributed by atoms with Crippen LogP contribution in [0.2, 0.25) is 0 Å². The van der Waals surface area contributed by atoms with Crippen LogP contribution in [0.3, 0.4) is 0 Å². The Bertz CT molecular complexity index is 840. The third-order valence-electron chi connectivity index (χ3n) is 6.83. The van der Waals surface area contributed by atoms with Gasteiger partial charge in [-0.3, -0.25) is 0 Å². The van der Waals surface area contributed by atoms with Gasteiger partial charge < -0.3 is 10.2 Å². The first-order valence-electron chi connectivity index (χ1n) is 10.0. The molecule has 0 aliphatic heterocycles. The molecule has 27 heavy (non-hydrogen) atoms. The van der Waals surface area contributed by atoms with Gasteiger partial charge in [0.2, 0.25) is 0 Å². The predicted molar refractivity (Wildman–Crippen MR) is 106 cm³/mol. The van der Waals surface area contributed by atoms with E-state index in [1.807, 2.05) is 19.1 Å². The Balaban J connectivity index is 1.84. The number of fused-ring (bicyclic) bond motifs is 3. The molecule has 3 nitrogen and oxygen atoms in total. The lowest BCUT2D eigenvalue weighted by atomic mass is 9.56. The Morgan fingerprint density at radius 1 is 1.15 bits per heavy atom. The van der Waals surface area contributed by atoms with Crippen LogP contribution >= 0.6 is 0 Å². The van der Waals surface area contributed by atoms with Gasteiger partial charge in [0.05, 0.1) is 11.2 Å². The summed E-state index contributed by atoms with van der Waals surface area (Å²) in [4.78, 5) is 11.5. The Labute approximate surface area is 161 Å². The van der Waals surface area contributed by atoms with Crippen molar-refractivity contribution in [1.29, 1.82) is 0 Å². The molecule has 2 N–H and O–H groups in total. The van der Waals surface area contributed by atoms with Crippen LogP contribution in [0.1, 0.15) is 66.1 Å². The molecule has 0 heterocycles. The minimum Gasteiger partial charge on any atom is -0.478 e. The summed E-state index contributed by atoms with van der Waals surface area (Å²) >= 11 is 0. The van der Waals surface area contributed by atoms with Gasteiger partial charge in [-0.15, -0.1) is 0 Å². The number of aryl methyl sites for hydroxylation is 1. The van der Waals surface area contributed by atoms with E-state index in [2.05, 4.69) is 30.3 Å². The molecule has 0 bridgehead atoms. The first-order chi connectivity index (χ1) is 12.9. The van der Waals surface area contributed by atoms with Crippen LogP contribution in [0.15, 0.2) is 48.5 Å². The van der Waals surface area contributed by atoms with Crippen LogP contribution in [0.25, 0.3) is 0 Å². The number of aliphatic hydroxyl groups is 1. The second kappa shape index (κ2) is 6.79. The highest BCUT2D eigenvalue weighted by atomic mass is 16.4. The van der Waals surface area contributed by atoms with Crippen molar-refractivity contribution in [2.75, 3.05) is 0 Å². The van der Waals surface area contributed by atoms with Crippen LogP contribution in [0.4, 0.5) is 0 Å². The predicted octanol–water partition coefficient (Wildman–Crippen LogP) is 4.75. The topological polar surface area (TPSA) is 57.5 Å². The van der Waals surface area contributed by atoms with Gasteiger partial charge in [-0.1, -0.05) is 36.4 Å². The molecule has 1 saturated carbocycles. The SMILES string of the molecule is CC1(O)CCC2(Cc3ccccc3)c3ccc(C(=O)O)cc3CCCC2C1. The molecule has 1 fully saturated rings. The Morgan fingerprint density at radius 3 is 2.67 bits per heavy atom. The van der Waals surface area contributed by atoms with Crippen LogP contribution < -0.4 is 0 Å². The fourth-order valence-corrected chi connectivity index (χ4v) is 5.50. The van der Waals surface area contributed by atoms with Crippen molar-refractivity contribution in [3.8, 4) is 0 Å². The Morgan fingerprint density at radius 2 is 1.93 bits per heavy atom. The van der Waals surface area contributed by atoms with E-state index in [4.69, 9.17) is 0 Å². The quantitative estimate of drug-likeness (QED) is 0.826. The van der Waals surface area contributed by atoms with Gasteiger partial charge in [0, 0.05) is 5.41 Å². The molecule has 0 spiro atoms. The summed E-state index contributed by atoms with van der Waals surface area (Å²) in [5, 5.41) is 20.2. The molecule has 142 valence electrons. The summed E-state index contributed by atoms with van der Waals surface area (Å²) in [6, 6.07) is 16.3.